The van der Waals surface area contributed by atoms with Crippen LogP contribution in [0.1, 0.15) is 5.56 Å². The van der Waals surface area contributed by atoms with Gasteiger partial charge in [-0.15, -0.1) is 59.7 Å². The Morgan fingerprint density at radius 2 is 1.15 bits per heavy atom. The quantitative estimate of drug-likeness (QED) is 0.156. The van der Waals surface area contributed by atoms with Gasteiger partial charge in [-0.3, -0.25) is 0 Å². The van der Waals surface area contributed by atoms with Crippen LogP contribution in [-0.2, 0) is 20.1 Å². The van der Waals surface area contributed by atoms with Crippen molar-refractivity contribution >= 4 is 11.0 Å². The van der Waals surface area contributed by atoms with Gasteiger partial charge in [0.25, 0.3) is 0 Å². The predicted octanol–water partition coefficient (Wildman–Crippen LogP) is 12.8. The molecule has 0 aliphatic rings. The van der Waals surface area contributed by atoms with Crippen LogP contribution in [0.5, 0.6) is 0 Å². The Balaban J connectivity index is 0.000000284. The SMILES string of the molecule is Cc1c(-c2cc(-c3cc(-c4ccccc4)ccn3)[c-]cc2-c2ccccc2)ccc2oc(-c3ccccc3)cc12.[Ir].[c-]1ccccc1-c1ccccn1. The van der Waals surface area contributed by atoms with Crippen molar-refractivity contribution in [3.8, 4) is 67.2 Å². The van der Waals surface area contributed by atoms with Crippen LogP contribution in [0.3, 0.4) is 0 Å². The van der Waals surface area contributed by atoms with E-state index in [0.717, 1.165) is 67.1 Å². The fourth-order valence-electron chi connectivity index (χ4n) is 6.47. The van der Waals surface area contributed by atoms with Crippen molar-refractivity contribution in [1.82, 2.24) is 9.97 Å². The molecular weight excluding hydrogens is 825 g/mol. The summed E-state index contributed by atoms with van der Waals surface area (Å²) in [5.41, 5.74) is 13.9. The fraction of sp³-hybridized carbons (Fsp3) is 0.0204. The van der Waals surface area contributed by atoms with Gasteiger partial charge in [0.15, 0.2) is 0 Å². The number of hydrogen-bond donors (Lipinski definition) is 0. The van der Waals surface area contributed by atoms with Crippen molar-refractivity contribution in [2.45, 2.75) is 6.92 Å². The van der Waals surface area contributed by atoms with Gasteiger partial charge in [-0.2, -0.15) is 0 Å². The second-order valence-corrected chi connectivity index (χ2v) is 12.5. The molecule has 0 spiro atoms. The van der Waals surface area contributed by atoms with E-state index in [0.29, 0.717) is 0 Å². The van der Waals surface area contributed by atoms with E-state index in [1.54, 1.807) is 6.20 Å². The number of rotatable bonds is 6. The van der Waals surface area contributed by atoms with E-state index in [1.807, 2.05) is 79.0 Å². The Labute approximate surface area is 324 Å². The zero-order valence-corrected chi connectivity index (χ0v) is 31.4. The van der Waals surface area contributed by atoms with Crippen molar-refractivity contribution in [3.05, 3.63) is 206 Å². The zero-order chi connectivity index (χ0) is 35.1. The summed E-state index contributed by atoms with van der Waals surface area (Å²) >= 11 is 0. The number of hydrogen-bond acceptors (Lipinski definition) is 3. The minimum Gasteiger partial charge on any atom is -0.456 e. The maximum atomic E-state index is 6.27. The molecule has 0 aliphatic carbocycles. The van der Waals surface area contributed by atoms with Crippen molar-refractivity contribution in [2.75, 3.05) is 0 Å². The Morgan fingerprint density at radius 1 is 0.472 bits per heavy atom. The van der Waals surface area contributed by atoms with E-state index < -0.39 is 0 Å². The molecule has 3 aromatic heterocycles. The van der Waals surface area contributed by atoms with Gasteiger partial charge in [0, 0.05) is 43.4 Å². The first kappa shape index (κ1) is 35.2. The molecule has 4 heteroatoms. The van der Waals surface area contributed by atoms with E-state index in [-0.39, 0.29) is 20.1 Å². The molecule has 0 saturated carbocycles. The summed E-state index contributed by atoms with van der Waals surface area (Å²) in [4.78, 5) is 8.95. The Hall–Kier alpha value is -6.19. The van der Waals surface area contributed by atoms with Gasteiger partial charge in [-0.05, 0) is 64.8 Å². The molecule has 1 radical (unpaired) electrons. The van der Waals surface area contributed by atoms with Crippen LogP contribution in [0.2, 0.25) is 0 Å². The van der Waals surface area contributed by atoms with Gasteiger partial charge in [-0.25, -0.2) is 0 Å². The predicted molar refractivity (Wildman–Crippen MR) is 213 cm³/mol. The minimum atomic E-state index is 0. The van der Waals surface area contributed by atoms with Gasteiger partial charge in [-0.1, -0.05) is 132 Å². The molecule has 9 aromatic rings. The first-order valence-corrected chi connectivity index (χ1v) is 17.3. The number of aryl methyl sites for hydroxylation is 1. The standard InChI is InChI=1S/C38H26NO.C11H8N.Ir/c1-26-32(19-20-37-34(26)25-38(40-37)29-15-9-4-10-16-29)35-23-31(17-18-33(35)28-13-7-3-8-14-28)36-24-30(21-22-39-36)27-11-5-2-6-12-27;1-2-6-10(7-3-1)11-8-4-5-9-12-11;/h2-16,18-25H,1H3;1-6,8-9H;/q2*-1;. The molecule has 3 nitrogen and oxygen atoms in total. The van der Waals surface area contributed by atoms with E-state index in [2.05, 4.69) is 127 Å². The van der Waals surface area contributed by atoms with Crippen LogP contribution in [-0.4, -0.2) is 9.97 Å². The molecule has 0 saturated heterocycles. The first-order valence-electron chi connectivity index (χ1n) is 17.3. The number of furan rings is 1. The smallest absolute Gasteiger partial charge is 0.135 e. The van der Waals surface area contributed by atoms with Crippen LogP contribution in [0.4, 0.5) is 0 Å². The Kier molecular flexibility index (Phi) is 10.9. The van der Waals surface area contributed by atoms with Gasteiger partial charge >= 0.3 is 0 Å². The molecule has 0 atom stereocenters. The molecule has 0 unspecified atom stereocenters. The zero-order valence-electron chi connectivity index (χ0n) is 29.0. The molecule has 53 heavy (non-hydrogen) atoms. The topological polar surface area (TPSA) is 38.9 Å². The number of benzene rings is 6. The molecular formula is C49H34IrN2O-2. The van der Waals surface area contributed by atoms with E-state index in [4.69, 9.17) is 9.40 Å². The number of nitrogens with zero attached hydrogens (tertiary/aromatic N) is 2. The second-order valence-electron chi connectivity index (χ2n) is 12.5. The van der Waals surface area contributed by atoms with E-state index in [1.165, 1.54) is 16.7 Å². The molecule has 6 aromatic carbocycles. The molecule has 0 N–H and O–H groups in total. The van der Waals surface area contributed by atoms with Crippen molar-refractivity contribution < 1.29 is 24.5 Å². The maximum absolute atomic E-state index is 6.27. The average molecular weight is 859 g/mol. The van der Waals surface area contributed by atoms with Crippen LogP contribution in [0.15, 0.2) is 193 Å². The molecule has 3 heterocycles. The van der Waals surface area contributed by atoms with Crippen LogP contribution < -0.4 is 0 Å². The fourth-order valence-corrected chi connectivity index (χ4v) is 6.47. The van der Waals surface area contributed by atoms with Crippen molar-refractivity contribution in [2.24, 2.45) is 0 Å². The van der Waals surface area contributed by atoms with E-state index >= 15 is 0 Å². The van der Waals surface area contributed by atoms with Gasteiger partial charge in [0.1, 0.15) is 11.3 Å². The Bertz CT molecular complexity index is 2520. The van der Waals surface area contributed by atoms with Gasteiger partial charge in [0.2, 0.25) is 0 Å². The first-order chi connectivity index (χ1) is 25.7. The summed E-state index contributed by atoms with van der Waals surface area (Å²) in [5, 5.41) is 1.12. The molecule has 0 fully saturated rings. The summed E-state index contributed by atoms with van der Waals surface area (Å²) < 4.78 is 6.27. The molecule has 9 rings (SSSR count). The normalized spacial score (nSPS) is 10.6. The third kappa shape index (κ3) is 7.85. The summed E-state index contributed by atoms with van der Waals surface area (Å²) in [7, 11) is 0. The molecule has 0 amide bonds. The van der Waals surface area contributed by atoms with Crippen molar-refractivity contribution in [1.29, 1.82) is 0 Å². The van der Waals surface area contributed by atoms with Gasteiger partial charge < -0.3 is 14.4 Å². The summed E-state index contributed by atoms with van der Waals surface area (Å²) in [6.07, 6.45) is 3.67. The van der Waals surface area contributed by atoms with Gasteiger partial charge in [0.05, 0.1) is 0 Å². The largest absolute Gasteiger partial charge is 0.456 e. The number of aromatic nitrogens is 2. The third-order valence-electron chi connectivity index (χ3n) is 9.15. The van der Waals surface area contributed by atoms with Crippen molar-refractivity contribution in [3.63, 3.8) is 0 Å². The molecule has 257 valence electrons. The minimum absolute atomic E-state index is 0. The van der Waals surface area contributed by atoms with Crippen LogP contribution in [0.25, 0.3) is 78.2 Å². The average Bonchev–Trinajstić information content (AvgIpc) is 3.68. The molecule has 0 bridgehead atoms. The monoisotopic (exact) mass is 859 g/mol. The Morgan fingerprint density at radius 3 is 1.85 bits per heavy atom. The number of pyridine rings is 2. The third-order valence-corrected chi connectivity index (χ3v) is 9.15. The van der Waals surface area contributed by atoms with Crippen LogP contribution in [0, 0.1) is 19.1 Å². The summed E-state index contributed by atoms with van der Waals surface area (Å²) in [5.74, 6) is 0.878. The summed E-state index contributed by atoms with van der Waals surface area (Å²) in [6, 6.07) is 66.5. The maximum Gasteiger partial charge on any atom is 0.135 e. The molecule has 0 aliphatic heterocycles. The van der Waals surface area contributed by atoms with Crippen LogP contribution >= 0.6 is 0 Å². The second kappa shape index (κ2) is 16.4. The number of fused-ring (bicyclic) bond motifs is 1. The summed E-state index contributed by atoms with van der Waals surface area (Å²) in [6.45, 7) is 2.18. The van der Waals surface area contributed by atoms with E-state index in [9.17, 15) is 0 Å².